The van der Waals surface area contributed by atoms with Gasteiger partial charge in [0, 0.05) is 17.4 Å². The van der Waals surface area contributed by atoms with Crippen LogP contribution in [0.1, 0.15) is 23.1 Å². The molecule has 0 aliphatic rings. The molecule has 0 aromatic heterocycles. The lowest BCUT2D eigenvalue weighted by Crippen LogP contribution is -2.13. The fourth-order valence-electron chi connectivity index (χ4n) is 1.66. The van der Waals surface area contributed by atoms with Crippen molar-refractivity contribution < 1.29 is 4.79 Å². The predicted octanol–water partition coefficient (Wildman–Crippen LogP) is 3.34. The van der Waals surface area contributed by atoms with Crippen LogP contribution in [0.25, 0.3) is 0 Å². The molecule has 0 saturated heterocycles. The largest absolute Gasteiger partial charge is 0.326 e. The molecule has 82 valence electrons. The lowest BCUT2D eigenvalue weighted by atomic mass is 10.1. The number of carbonyl (C=O) groups excluding carboxylic acids is 1. The van der Waals surface area contributed by atoms with Crippen molar-refractivity contribution in [2.75, 3.05) is 10.6 Å². The van der Waals surface area contributed by atoms with Gasteiger partial charge in [-0.05, 0) is 31.9 Å². The summed E-state index contributed by atoms with van der Waals surface area (Å²) in [5, 5.41) is 3.63. The van der Waals surface area contributed by atoms with Crippen molar-refractivity contribution in [1.82, 2.24) is 0 Å². The van der Waals surface area contributed by atoms with Crippen molar-refractivity contribution in [3.8, 4) is 0 Å². The minimum absolute atomic E-state index is 0.0573. The Morgan fingerprint density at radius 3 is 2.27 bits per heavy atom. The van der Waals surface area contributed by atoms with Gasteiger partial charge < -0.3 is 5.32 Å². The number of rotatable bonds is 3. The van der Waals surface area contributed by atoms with E-state index in [0.29, 0.717) is 11.8 Å². The molecule has 0 unspecified atom stereocenters. The van der Waals surface area contributed by atoms with Gasteiger partial charge in [-0.2, -0.15) is 0 Å². The summed E-state index contributed by atoms with van der Waals surface area (Å²) in [6.45, 7) is 6.09. The van der Waals surface area contributed by atoms with Crippen LogP contribution in [-0.4, -0.2) is 11.2 Å². The summed E-state index contributed by atoms with van der Waals surface area (Å²) < 4.78 is 0. The lowest BCUT2D eigenvalue weighted by molar-refractivity contribution is -0.115. The van der Waals surface area contributed by atoms with Crippen LogP contribution in [0.15, 0.2) is 12.1 Å². The first-order valence-corrected chi connectivity index (χ1v) is 6.10. The van der Waals surface area contributed by atoms with E-state index >= 15 is 0 Å². The molecule has 15 heavy (non-hydrogen) atoms. The van der Waals surface area contributed by atoms with Crippen LogP contribution in [0.3, 0.4) is 0 Å². The summed E-state index contributed by atoms with van der Waals surface area (Å²) in [6.07, 6.45) is 0.507. The quantitative estimate of drug-likeness (QED) is 0.838. The number of amides is 1. The zero-order valence-corrected chi connectivity index (χ0v) is 10.9. The van der Waals surface area contributed by atoms with Gasteiger partial charge in [-0.1, -0.05) is 33.6 Å². The summed E-state index contributed by atoms with van der Waals surface area (Å²) >= 11 is 3.25. The molecule has 0 radical (unpaired) electrons. The normalized spacial score (nSPS) is 10.1. The zero-order valence-electron chi connectivity index (χ0n) is 9.36. The van der Waals surface area contributed by atoms with Crippen LogP contribution in [-0.2, 0) is 4.79 Å². The average Bonchev–Trinajstić information content (AvgIpc) is 2.11. The van der Waals surface area contributed by atoms with E-state index in [0.717, 1.165) is 16.8 Å². The Bertz CT molecular complexity index is 351. The van der Waals surface area contributed by atoms with Crippen molar-refractivity contribution in [2.24, 2.45) is 0 Å². The summed E-state index contributed by atoms with van der Waals surface area (Å²) in [5.74, 6) is 0.0573. The highest BCUT2D eigenvalue weighted by atomic mass is 79.9. The molecule has 1 aromatic rings. The Kier molecular flexibility index (Phi) is 4.33. The maximum absolute atomic E-state index is 11.5. The molecular formula is C12H16BrNO. The van der Waals surface area contributed by atoms with E-state index in [9.17, 15) is 4.79 Å². The SMILES string of the molecule is Cc1cc(C)c(NC(=O)CCBr)c(C)c1. The fourth-order valence-corrected chi connectivity index (χ4v) is 2.03. The molecule has 1 rings (SSSR count). The predicted molar refractivity (Wildman–Crippen MR) is 67.7 cm³/mol. The van der Waals surface area contributed by atoms with E-state index in [4.69, 9.17) is 0 Å². The first-order chi connectivity index (χ1) is 7.04. The monoisotopic (exact) mass is 269 g/mol. The molecule has 0 aliphatic carbocycles. The summed E-state index contributed by atoms with van der Waals surface area (Å²) in [4.78, 5) is 11.5. The standard InChI is InChI=1S/C12H16BrNO/c1-8-6-9(2)12(10(3)7-8)14-11(15)4-5-13/h6-7H,4-5H2,1-3H3,(H,14,15). The van der Waals surface area contributed by atoms with Crippen LogP contribution < -0.4 is 5.32 Å². The Labute approximate surface area is 99.2 Å². The van der Waals surface area contributed by atoms with Crippen molar-refractivity contribution >= 4 is 27.5 Å². The second-order valence-corrected chi connectivity index (χ2v) is 4.55. The molecule has 0 saturated carbocycles. The van der Waals surface area contributed by atoms with Gasteiger partial charge in [-0.25, -0.2) is 0 Å². The lowest BCUT2D eigenvalue weighted by Gasteiger charge is -2.12. The van der Waals surface area contributed by atoms with Crippen LogP contribution in [0.5, 0.6) is 0 Å². The van der Waals surface area contributed by atoms with Gasteiger partial charge in [0.1, 0.15) is 0 Å². The highest BCUT2D eigenvalue weighted by Crippen LogP contribution is 2.21. The van der Waals surface area contributed by atoms with Crippen LogP contribution in [0.4, 0.5) is 5.69 Å². The Morgan fingerprint density at radius 2 is 1.80 bits per heavy atom. The molecule has 1 N–H and O–H groups in total. The highest BCUT2D eigenvalue weighted by molar-refractivity contribution is 9.09. The maximum Gasteiger partial charge on any atom is 0.225 e. The third-order valence-corrected chi connectivity index (χ3v) is 2.66. The van der Waals surface area contributed by atoms with Gasteiger partial charge in [-0.15, -0.1) is 0 Å². The number of nitrogens with one attached hydrogen (secondary N) is 1. The Balaban J connectivity index is 2.90. The molecule has 0 spiro atoms. The molecule has 2 nitrogen and oxygen atoms in total. The maximum atomic E-state index is 11.5. The van der Waals surface area contributed by atoms with Gasteiger partial charge in [-0.3, -0.25) is 4.79 Å². The third kappa shape index (κ3) is 3.34. The Hall–Kier alpha value is -0.830. The van der Waals surface area contributed by atoms with Crippen LogP contribution in [0.2, 0.25) is 0 Å². The summed E-state index contributed by atoms with van der Waals surface area (Å²) in [5.41, 5.74) is 4.42. The number of hydrogen-bond donors (Lipinski definition) is 1. The molecule has 0 heterocycles. The average molecular weight is 270 g/mol. The highest BCUT2D eigenvalue weighted by Gasteiger charge is 2.07. The molecule has 1 amide bonds. The van der Waals surface area contributed by atoms with Crippen LogP contribution in [0, 0.1) is 20.8 Å². The van der Waals surface area contributed by atoms with Crippen molar-refractivity contribution in [2.45, 2.75) is 27.2 Å². The number of anilines is 1. The minimum atomic E-state index is 0.0573. The van der Waals surface area contributed by atoms with Crippen molar-refractivity contribution in [1.29, 1.82) is 0 Å². The van der Waals surface area contributed by atoms with Crippen LogP contribution >= 0.6 is 15.9 Å². The van der Waals surface area contributed by atoms with E-state index in [1.54, 1.807) is 0 Å². The van der Waals surface area contributed by atoms with E-state index in [1.165, 1.54) is 5.56 Å². The molecule has 1 aromatic carbocycles. The number of alkyl halides is 1. The number of benzene rings is 1. The number of halogens is 1. The van der Waals surface area contributed by atoms with Crippen molar-refractivity contribution in [3.05, 3.63) is 28.8 Å². The fraction of sp³-hybridized carbons (Fsp3) is 0.417. The van der Waals surface area contributed by atoms with E-state index in [-0.39, 0.29) is 5.91 Å². The summed E-state index contributed by atoms with van der Waals surface area (Å²) in [6, 6.07) is 4.16. The smallest absolute Gasteiger partial charge is 0.225 e. The first-order valence-electron chi connectivity index (χ1n) is 4.98. The zero-order chi connectivity index (χ0) is 11.4. The van der Waals surface area contributed by atoms with Gasteiger partial charge in [0.05, 0.1) is 0 Å². The molecule has 0 atom stereocenters. The van der Waals surface area contributed by atoms with E-state index in [2.05, 4.69) is 40.3 Å². The van der Waals surface area contributed by atoms with Crippen molar-refractivity contribution in [3.63, 3.8) is 0 Å². The molecule has 3 heteroatoms. The Morgan fingerprint density at radius 1 is 1.27 bits per heavy atom. The third-order valence-electron chi connectivity index (χ3n) is 2.26. The van der Waals surface area contributed by atoms with E-state index < -0.39 is 0 Å². The first kappa shape index (κ1) is 12.2. The van der Waals surface area contributed by atoms with Gasteiger partial charge >= 0.3 is 0 Å². The van der Waals surface area contributed by atoms with Gasteiger partial charge in [0.2, 0.25) is 5.91 Å². The topological polar surface area (TPSA) is 29.1 Å². The van der Waals surface area contributed by atoms with E-state index in [1.807, 2.05) is 13.8 Å². The number of aryl methyl sites for hydroxylation is 3. The van der Waals surface area contributed by atoms with Gasteiger partial charge in [0.25, 0.3) is 0 Å². The molecule has 0 fully saturated rings. The second kappa shape index (κ2) is 5.31. The molecule has 0 aliphatic heterocycles. The molecular weight excluding hydrogens is 254 g/mol. The second-order valence-electron chi connectivity index (χ2n) is 3.76. The number of carbonyl (C=O) groups is 1. The molecule has 0 bridgehead atoms. The van der Waals surface area contributed by atoms with Gasteiger partial charge in [0.15, 0.2) is 0 Å². The number of hydrogen-bond acceptors (Lipinski definition) is 1. The summed E-state index contributed by atoms with van der Waals surface area (Å²) in [7, 11) is 0. The minimum Gasteiger partial charge on any atom is -0.326 e.